The third kappa shape index (κ3) is 3.46. The molecule has 2 aromatic rings. The standard InChI is InChI=1S/C13H8Br2ClF2N/c14-9-2-1-7(5-11(9)16)19-6-8-12(17)4-3-10(15)13(8)18/h1-5,19H,6H2. The summed E-state index contributed by atoms with van der Waals surface area (Å²) in [5.41, 5.74) is 0.667. The topological polar surface area (TPSA) is 12.0 Å². The van der Waals surface area contributed by atoms with Crippen molar-refractivity contribution in [1.29, 1.82) is 0 Å². The smallest absolute Gasteiger partial charge is 0.145 e. The van der Waals surface area contributed by atoms with Crippen molar-refractivity contribution in [2.45, 2.75) is 6.54 Å². The van der Waals surface area contributed by atoms with Gasteiger partial charge in [0.1, 0.15) is 11.6 Å². The highest BCUT2D eigenvalue weighted by molar-refractivity contribution is 9.10. The van der Waals surface area contributed by atoms with Crippen molar-refractivity contribution >= 4 is 49.1 Å². The first-order valence-corrected chi connectivity index (χ1v) is 7.26. The summed E-state index contributed by atoms with van der Waals surface area (Å²) in [7, 11) is 0. The third-order valence-electron chi connectivity index (χ3n) is 2.53. The van der Waals surface area contributed by atoms with E-state index in [1.54, 1.807) is 18.2 Å². The van der Waals surface area contributed by atoms with Gasteiger partial charge in [0.2, 0.25) is 0 Å². The largest absolute Gasteiger partial charge is 0.381 e. The summed E-state index contributed by atoms with van der Waals surface area (Å²) in [5, 5.41) is 3.46. The monoisotopic (exact) mass is 409 g/mol. The summed E-state index contributed by atoms with van der Waals surface area (Å²) in [6.07, 6.45) is 0. The lowest BCUT2D eigenvalue weighted by molar-refractivity contribution is 0.556. The summed E-state index contributed by atoms with van der Waals surface area (Å²) in [5.74, 6) is -1.19. The molecular formula is C13H8Br2ClF2N. The van der Waals surface area contributed by atoms with Crippen LogP contribution in [0.4, 0.5) is 14.5 Å². The minimum Gasteiger partial charge on any atom is -0.381 e. The van der Waals surface area contributed by atoms with Gasteiger partial charge in [0.25, 0.3) is 0 Å². The molecule has 19 heavy (non-hydrogen) atoms. The van der Waals surface area contributed by atoms with Crippen LogP contribution in [0.25, 0.3) is 0 Å². The van der Waals surface area contributed by atoms with Gasteiger partial charge >= 0.3 is 0 Å². The minimum atomic E-state index is -0.601. The van der Waals surface area contributed by atoms with Crippen LogP contribution in [0.5, 0.6) is 0 Å². The van der Waals surface area contributed by atoms with Crippen LogP contribution >= 0.6 is 43.5 Å². The van der Waals surface area contributed by atoms with Gasteiger partial charge in [-0.05, 0) is 62.2 Å². The van der Waals surface area contributed by atoms with Gasteiger partial charge in [-0.3, -0.25) is 0 Å². The SMILES string of the molecule is Fc1ccc(Br)c(F)c1CNc1ccc(Br)c(Cl)c1. The first-order chi connectivity index (χ1) is 8.99. The van der Waals surface area contributed by atoms with E-state index in [0.29, 0.717) is 10.7 Å². The molecule has 0 radical (unpaired) electrons. The maximum absolute atomic E-state index is 13.7. The van der Waals surface area contributed by atoms with Crippen molar-refractivity contribution in [2.75, 3.05) is 5.32 Å². The van der Waals surface area contributed by atoms with Gasteiger partial charge in [-0.2, -0.15) is 0 Å². The fourth-order valence-corrected chi connectivity index (χ4v) is 2.33. The molecule has 0 amide bonds. The first-order valence-electron chi connectivity index (χ1n) is 5.30. The second-order valence-corrected chi connectivity index (χ2v) is 5.92. The predicted octanol–water partition coefficient (Wildman–Crippen LogP) is 5.76. The molecule has 0 atom stereocenters. The highest BCUT2D eigenvalue weighted by Gasteiger charge is 2.12. The first kappa shape index (κ1) is 14.8. The molecule has 1 nitrogen and oxygen atoms in total. The molecule has 6 heteroatoms. The van der Waals surface area contributed by atoms with Gasteiger partial charge in [0.05, 0.1) is 9.50 Å². The fraction of sp³-hybridized carbons (Fsp3) is 0.0769. The Morgan fingerprint density at radius 1 is 1.05 bits per heavy atom. The van der Waals surface area contributed by atoms with Crippen LogP contribution in [0.1, 0.15) is 5.56 Å². The van der Waals surface area contributed by atoms with Gasteiger partial charge < -0.3 is 5.32 Å². The Morgan fingerprint density at radius 2 is 1.74 bits per heavy atom. The average molecular weight is 411 g/mol. The lowest BCUT2D eigenvalue weighted by Crippen LogP contribution is -2.05. The summed E-state index contributed by atoms with van der Waals surface area (Å²) in [6, 6.07) is 7.77. The van der Waals surface area contributed by atoms with Crippen LogP contribution in [0, 0.1) is 11.6 Å². The number of benzene rings is 2. The van der Waals surface area contributed by atoms with Crippen LogP contribution in [0.15, 0.2) is 39.3 Å². The Kier molecular flexibility index (Phi) is 4.81. The Morgan fingerprint density at radius 3 is 2.42 bits per heavy atom. The van der Waals surface area contributed by atoms with Crippen molar-refractivity contribution in [2.24, 2.45) is 0 Å². The van der Waals surface area contributed by atoms with Crippen LogP contribution in [-0.2, 0) is 6.54 Å². The molecule has 0 saturated heterocycles. The van der Waals surface area contributed by atoms with Gasteiger partial charge in [-0.25, -0.2) is 8.78 Å². The molecule has 0 aromatic heterocycles. The third-order valence-corrected chi connectivity index (χ3v) is 4.37. The van der Waals surface area contributed by atoms with Crippen molar-refractivity contribution in [3.8, 4) is 0 Å². The summed E-state index contributed by atoms with van der Waals surface area (Å²) < 4.78 is 28.3. The van der Waals surface area contributed by atoms with Gasteiger partial charge in [-0.1, -0.05) is 11.6 Å². The molecule has 100 valence electrons. The highest BCUT2D eigenvalue weighted by Crippen LogP contribution is 2.27. The van der Waals surface area contributed by atoms with E-state index in [-0.39, 0.29) is 16.6 Å². The lowest BCUT2D eigenvalue weighted by Gasteiger charge is -2.10. The molecule has 0 aliphatic rings. The Balaban J connectivity index is 2.19. The second-order valence-electron chi connectivity index (χ2n) is 3.80. The molecule has 0 spiro atoms. The van der Waals surface area contributed by atoms with E-state index in [9.17, 15) is 8.78 Å². The van der Waals surface area contributed by atoms with E-state index in [1.807, 2.05) is 0 Å². The van der Waals surface area contributed by atoms with E-state index in [0.717, 1.165) is 4.47 Å². The fourth-order valence-electron chi connectivity index (χ4n) is 1.53. The number of anilines is 1. The maximum atomic E-state index is 13.7. The van der Waals surface area contributed by atoms with E-state index >= 15 is 0 Å². The summed E-state index contributed by atoms with van der Waals surface area (Å²) >= 11 is 12.2. The van der Waals surface area contributed by atoms with Crippen LogP contribution in [0.2, 0.25) is 5.02 Å². The van der Waals surface area contributed by atoms with Gasteiger partial charge in [-0.15, -0.1) is 0 Å². The molecular weight excluding hydrogens is 403 g/mol. The normalized spacial score (nSPS) is 10.6. The lowest BCUT2D eigenvalue weighted by atomic mass is 10.2. The Labute approximate surface area is 131 Å². The molecule has 0 saturated carbocycles. The molecule has 2 rings (SSSR count). The Bertz CT molecular complexity index is 620. The summed E-state index contributed by atoms with van der Waals surface area (Å²) in [4.78, 5) is 0. The van der Waals surface area contributed by atoms with E-state index in [2.05, 4.69) is 37.2 Å². The highest BCUT2D eigenvalue weighted by atomic mass is 79.9. The van der Waals surface area contributed by atoms with Crippen molar-refractivity contribution in [3.05, 3.63) is 61.5 Å². The second kappa shape index (κ2) is 6.20. The van der Waals surface area contributed by atoms with Gasteiger partial charge in [0, 0.05) is 22.3 Å². The predicted molar refractivity (Wildman–Crippen MR) is 80.5 cm³/mol. The van der Waals surface area contributed by atoms with E-state index < -0.39 is 11.6 Å². The summed E-state index contributed by atoms with van der Waals surface area (Å²) in [6.45, 7) is 0.0368. The molecule has 1 N–H and O–H groups in total. The van der Waals surface area contributed by atoms with Crippen LogP contribution < -0.4 is 5.32 Å². The number of nitrogens with one attached hydrogen (secondary N) is 1. The number of halogens is 5. The molecule has 0 unspecified atom stereocenters. The molecule has 0 heterocycles. The number of hydrogen-bond donors (Lipinski definition) is 1. The van der Waals surface area contributed by atoms with Crippen LogP contribution in [0.3, 0.4) is 0 Å². The quantitative estimate of drug-likeness (QED) is 0.634. The zero-order valence-corrected chi connectivity index (χ0v) is 13.4. The zero-order chi connectivity index (χ0) is 14.0. The minimum absolute atomic E-state index is 0.0200. The average Bonchev–Trinajstić information content (AvgIpc) is 2.38. The van der Waals surface area contributed by atoms with Crippen molar-refractivity contribution < 1.29 is 8.78 Å². The molecule has 2 aromatic carbocycles. The Hall–Kier alpha value is -0.650. The van der Waals surface area contributed by atoms with Crippen molar-refractivity contribution in [3.63, 3.8) is 0 Å². The number of rotatable bonds is 3. The zero-order valence-electron chi connectivity index (χ0n) is 9.48. The van der Waals surface area contributed by atoms with E-state index in [1.165, 1.54) is 12.1 Å². The molecule has 0 fully saturated rings. The van der Waals surface area contributed by atoms with Crippen molar-refractivity contribution in [1.82, 2.24) is 0 Å². The molecule has 0 aliphatic heterocycles. The van der Waals surface area contributed by atoms with E-state index in [4.69, 9.17) is 11.6 Å². The van der Waals surface area contributed by atoms with Gasteiger partial charge in [0.15, 0.2) is 0 Å². The molecule has 0 aliphatic carbocycles. The molecule has 0 bridgehead atoms. The number of hydrogen-bond acceptors (Lipinski definition) is 1. The van der Waals surface area contributed by atoms with Crippen LogP contribution in [-0.4, -0.2) is 0 Å². The maximum Gasteiger partial charge on any atom is 0.145 e.